The lowest BCUT2D eigenvalue weighted by Gasteiger charge is -2.11. The van der Waals surface area contributed by atoms with Crippen LogP contribution in [-0.4, -0.2) is 10.9 Å². The van der Waals surface area contributed by atoms with Crippen molar-refractivity contribution in [3.8, 4) is 11.1 Å². The summed E-state index contributed by atoms with van der Waals surface area (Å²) in [7, 11) is 0. The molecule has 4 N–H and O–H groups in total. The number of aliphatic imine (C=N–C) groups is 1. The van der Waals surface area contributed by atoms with Gasteiger partial charge in [0.15, 0.2) is 11.8 Å². The van der Waals surface area contributed by atoms with Gasteiger partial charge in [-0.25, -0.2) is 9.37 Å². The molecule has 0 atom stereocenters. The summed E-state index contributed by atoms with van der Waals surface area (Å²) in [6.07, 6.45) is -3.40. The Balaban J connectivity index is 2.61. The summed E-state index contributed by atoms with van der Waals surface area (Å²) in [5.41, 5.74) is 9.49. The summed E-state index contributed by atoms with van der Waals surface area (Å²) in [6.45, 7) is 0. The van der Waals surface area contributed by atoms with Gasteiger partial charge in [-0.2, -0.15) is 18.2 Å². The van der Waals surface area contributed by atoms with Crippen molar-refractivity contribution in [3.05, 3.63) is 47.9 Å². The Hall–Kier alpha value is -2.64. The van der Waals surface area contributed by atoms with Crippen LogP contribution in [0.1, 0.15) is 5.56 Å². The molecule has 2 rings (SSSR count). The SMILES string of the molecule is NC(N)=Nc1ncccc1-c1ccc(F)c(C(F)(F)F)c1. The Morgan fingerprint density at radius 2 is 1.86 bits per heavy atom. The van der Waals surface area contributed by atoms with Crippen LogP contribution in [0.4, 0.5) is 23.4 Å². The van der Waals surface area contributed by atoms with E-state index in [9.17, 15) is 17.6 Å². The van der Waals surface area contributed by atoms with E-state index in [1.54, 1.807) is 0 Å². The van der Waals surface area contributed by atoms with Gasteiger partial charge in [-0.1, -0.05) is 6.07 Å². The third-order valence-corrected chi connectivity index (χ3v) is 2.60. The monoisotopic (exact) mass is 298 g/mol. The Morgan fingerprint density at radius 1 is 1.14 bits per heavy atom. The van der Waals surface area contributed by atoms with Gasteiger partial charge in [0.05, 0.1) is 5.56 Å². The molecule has 0 aliphatic rings. The van der Waals surface area contributed by atoms with Crippen LogP contribution in [0, 0.1) is 5.82 Å². The minimum absolute atomic E-state index is 0.0530. The average molecular weight is 298 g/mol. The number of halogens is 4. The van der Waals surface area contributed by atoms with E-state index in [2.05, 4.69) is 9.98 Å². The summed E-state index contributed by atoms with van der Waals surface area (Å²) < 4.78 is 51.5. The van der Waals surface area contributed by atoms with Crippen LogP contribution in [0.5, 0.6) is 0 Å². The highest BCUT2D eigenvalue weighted by Crippen LogP contribution is 2.36. The van der Waals surface area contributed by atoms with Gasteiger partial charge in [0.1, 0.15) is 5.82 Å². The molecule has 4 nitrogen and oxygen atoms in total. The van der Waals surface area contributed by atoms with Crippen molar-refractivity contribution in [2.75, 3.05) is 0 Å². The molecule has 1 aromatic heterocycles. The zero-order valence-electron chi connectivity index (χ0n) is 10.5. The molecule has 1 aromatic carbocycles. The largest absolute Gasteiger partial charge is 0.419 e. The maximum Gasteiger partial charge on any atom is 0.419 e. The lowest BCUT2D eigenvalue weighted by molar-refractivity contribution is -0.139. The van der Waals surface area contributed by atoms with Crippen LogP contribution in [-0.2, 0) is 6.18 Å². The van der Waals surface area contributed by atoms with Gasteiger partial charge >= 0.3 is 6.18 Å². The van der Waals surface area contributed by atoms with Gasteiger partial charge in [0, 0.05) is 11.8 Å². The van der Waals surface area contributed by atoms with E-state index >= 15 is 0 Å². The molecule has 0 saturated carbocycles. The lowest BCUT2D eigenvalue weighted by Crippen LogP contribution is -2.22. The number of rotatable bonds is 2. The van der Waals surface area contributed by atoms with Crippen LogP contribution in [0.25, 0.3) is 11.1 Å². The Kier molecular flexibility index (Phi) is 3.79. The number of hydrogen-bond donors (Lipinski definition) is 2. The van der Waals surface area contributed by atoms with E-state index in [-0.39, 0.29) is 22.9 Å². The molecule has 0 radical (unpaired) electrons. The van der Waals surface area contributed by atoms with Crippen LogP contribution in [0.3, 0.4) is 0 Å². The maximum absolute atomic E-state index is 13.3. The molecule has 0 spiro atoms. The normalized spacial score (nSPS) is 11.2. The molecule has 0 amide bonds. The topological polar surface area (TPSA) is 77.3 Å². The minimum Gasteiger partial charge on any atom is -0.370 e. The highest BCUT2D eigenvalue weighted by atomic mass is 19.4. The van der Waals surface area contributed by atoms with Crippen molar-refractivity contribution in [1.82, 2.24) is 4.98 Å². The number of pyridine rings is 1. The maximum atomic E-state index is 13.3. The molecular weight excluding hydrogens is 288 g/mol. The second-order valence-electron chi connectivity index (χ2n) is 4.10. The fraction of sp³-hybridized carbons (Fsp3) is 0.0769. The third kappa shape index (κ3) is 3.28. The molecule has 2 aromatic rings. The number of nitrogens with two attached hydrogens (primary N) is 2. The zero-order valence-corrected chi connectivity index (χ0v) is 10.5. The summed E-state index contributed by atoms with van der Waals surface area (Å²) in [5, 5.41) is 0. The van der Waals surface area contributed by atoms with Crippen molar-refractivity contribution in [3.63, 3.8) is 0 Å². The van der Waals surface area contributed by atoms with Crippen LogP contribution >= 0.6 is 0 Å². The smallest absolute Gasteiger partial charge is 0.370 e. The molecule has 0 aliphatic carbocycles. The number of benzene rings is 1. The van der Waals surface area contributed by atoms with Gasteiger partial charge in [0.2, 0.25) is 0 Å². The number of aromatic nitrogens is 1. The predicted octanol–water partition coefficient (Wildman–Crippen LogP) is 2.81. The molecule has 21 heavy (non-hydrogen) atoms. The van der Waals surface area contributed by atoms with Crippen molar-refractivity contribution in [2.45, 2.75) is 6.18 Å². The van der Waals surface area contributed by atoms with Crippen LogP contribution < -0.4 is 11.5 Å². The highest BCUT2D eigenvalue weighted by molar-refractivity contribution is 5.83. The van der Waals surface area contributed by atoms with Crippen LogP contribution in [0.15, 0.2) is 41.5 Å². The highest BCUT2D eigenvalue weighted by Gasteiger charge is 2.34. The number of guanidine groups is 1. The van der Waals surface area contributed by atoms with Gasteiger partial charge in [-0.05, 0) is 29.8 Å². The lowest BCUT2D eigenvalue weighted by atomic mass is 10.0. The second kappa shape index (κ2) is 5.39. The molecule has 1 heterocycles. The molecule has 110 valence electrons. The van der Waals surface area contributed by atoms with Gasteiger partial charge in [0.25, 0.3) is 0 Å². The summed E-state index contributed by atoms with van der Waals surface area (Å²) >= 11 is 0. The standard InChI is InChI=1S/C13H10F4N4/c14-10-4-3-7(6-9(10)13(15,16)17)8-2-1-5-20-11(8)21-12(18)19/h1-6H,(H4,18,19,20,21). The number of hydrogen-bond acceptors (Lipinski definition) is 2. The quantitative estimate of drug-likeness (QED) is 0.508. The van der Waals surface area contributed by atoms with Crippen LogP contribution in [0.2, 0.25) is 0 Å². The Bertz CT molecular complexity index is 691. The first-order valence-electron chi connectivity index (χ1n) is 5.71. The minimum atomic E-state index is -4.79. The molecule has 8 heteroatoms. The van der Waals surface area contributed by atoms with Gasteiger partial charge in [-0.3, -0.25) is 0 Å². The fourth-order valence-corrected chi connectivity index (χ4v) is 1.74. The van der Waals surface area contributed by atoms with E-state index in [0.29, 0.717) is 6.07 Å². The Labute approximate surface area is 117 Å². The van der Waals surface area contributed by atoms with Gasteiger partial charge in [-0.15, -0.1) is 0 Å². The number of nitrogens with zero attached hydrogens (tertiary/aromatic N) is 2. The molecular formula is C13H10F4N4. The van der Waals surface area contributed by atoms with E-state index in [1.165, 1.54) is 24.4 Å². The molecule has 0 aliphatic heterocycles. The fourth-order valence-electron chi connectivity index (χ4n) is 1.74. The molecule has 0 fully saturated rings. The van der Waals surface area contributed by atoms with E-state index < -0.39 is 17.6 Å². The number of alkyl halides is 3. The first-order chi connectivity index (χ1) is 9.79. The van der Waals surface area contributed by atoms with Crippen molar-refractivity contribution in [2.24, 2.45) is 16.5 Å². The molecule has 0 unspecified atom stereocenters. The summed E-state index contributed by atoms with van der Waals surface area (Å²) in [4.78, 5) is 7.62. The molecule has 0 bridgehead atoms. The summed E-state index contributed by atoms with van der Waals surface area (Å²) in [5.74, 6) is -1.58. The first kappa shape index (κ1) is 14.8. The van der Waals surface area contributed by atoms with E-state index in [4.69, 9.17) is 11.5 Å². The van der Waals surface area contributed by atoms with E-state index in [1.807, 2.05) is 0 Å². The van der Waals surface area contributed by atoms with Crippen molar-refractivity contribution < 1.29 is 17.6 Å². The zero-order chi connectivity index (χ0) is 15.6. The Morgan fingerprint density at radius 3 is 2.48 bits per heavy atom. The average Bonchev–Trinajstić information content (AvgIpc) is 2.38. The summed E-state index contributed by atoms with van der Waals surface area (Å²) in [6, 6.07) is 5.63. The predicted molar refractivity (Wildman–Crippen MR) is 70.1 cm³/mol. The van der Waals surface area contributed by atoms with Crippen molar-refractivity contribution in [1.29, 1.82) is 0 Å². The van der Waals surface area contributed by atoms with Crippen molar-refractivity contribution >= 4 is 11.8 Å². The molecule has 0 saturated heterocycles. The first-order valence-corrected chi connectivity index (χ1v) is 5.71. The van der Waals surface area contributed by atoms with Gasteiger partial charge < -0.3 is 11.5 Å². The second-order valence-corrected chi connectivity index (χ2v) is 4.10. The van der Waals surface area contributed by atoms with E-state index in [0.717, 1.165) is 6.07 Å². The third-order valence-electron chi connectivity index (χ3n) is 2.60.